The van der Waals surface area contributed by atoms with E-state index in [0.717, 1.165) is 29.5 Å². The van der Waals surface area contributed by atoms with Crippen LogP contribution in [-0.2, 0) is 4.74 Å². The molecule has 1 amide bonds. The molecule has 26 heavy (non-hydrogen) atoms. The van der Waals surface area contributed by atoms with Gasteiger partial charge in [0.1, 0.15) is 5.60 Å². The van der Waals surface area contributed by atoms with E-state index in [1.165, 1.54) is 0 Å². The lowest BCUT2D eigenvalue weighted by Crippen LogP contribution is -2.35. The molecule has 1 saturated carbocycles. The van der Waals surface area contributed by atoms with E-state index in [4.69, 9.17) is 9.47 Å². The summed E-state index contributed by atoms with van der Waals surface area (Å²) in [5, 5.41) is 11.3. The van der Waals surface area contributed by atoms with E-state index in [9.17, 15) is 14.9 Å². The van der Waals surface area contributed by atoms with Gasteiger partial charge in [0, 0.05) is 19.2 Å². The van der Waals surface area contributed by atoms with Crippen molar-refractivity contribution in [3.05, 3.63) is 39.4 Å². The first-order valence-corrected chi connectivity index (χ1v) is 8.77. The van der Waals surface area contributed by atoms with Crippen molar-refractivity contribution >= 4 is 17.4 Å². The summed E-state index contributed by atoms with van der Waals surface area (Å²) in [5.74, 6) is 0.301. The van der Waals surface area contributed by atoms with E-state index >= 15 is 0 Å². The van der Waals surface area contributed by atoms with Gasteiger partial charge in [0.05, 0.1) is 11.0 Å². The smallest absolute Gasteiger partial charge is 0.410 e. The Morgan fingerprint density at radius 2 is 2.00 bits per heavy atom. The first-order chi connectivity index (χ1) is 12.1. The average Bonchev–Trinajstić information content (AvgIpc) is 3.19. The van der Waals surface area contributed by atoms with Gasteiger partial charge in [-0.15, -0.1) is 0 Å². The Hall–Kier alpha value is -2.57. The van der Waals surface area contributed by atoms with E-state index < -0.39 is 10.5 Å². The summed E-state index contributed by atoms with van der Waals surface area (Å²) in [4.78, 5) is 24.8. The van der Waals surface area contributed by atoms with E-state index in [2.05, 4.69) is 0 Å². The molecule has 1 aromatic carbocycles. The highest BCUT2D eigenvalue weighted by Gasteiger charge is 2.30. The minimum atomic E-state index is -0.547. The molecule has 1 heterocycles. The van der Waals surface area contributed by atoms with Crippen LogP contribution in [0.2, 0.25) is 0 Å². The summed E-state index contributed by atoms with van der Waals surface area (Å²) in [5.41, 5.74) is 2.05. The van der Waals surface area contributed by atoms with Gasteiger partial charge in [-0.25, -0.2) is 4.79 Å². The third-order valence-corrected chi connectivity index (χ3v) is 4.24. The van der Waals surface area contributed by atoms with Gasteiger partial charge in [-0.2, -0.15) is 0 Å². The number of nitro groups is 1. The summed E-state index contributed by atoms with van der Waals surface area (Å²) in [6.07, 6.45) is 3.52. The Morgan fingerprint density at radius 1 is 1.31 bits per heavy atom. The Balaban J connectivity index is 1.81. The number of amides is 1. The summed E-state index contributed by atoms with van der Waals surface area (Å²) in [6.45, 7) is 8.20. The number of nitrogens with zero attached hydrogens (tertiary/aromatic N) is 2. The third-order valence-electron chi connectivity index (χ3n) is 4.24. The molecule has 2 aliphatic rings. The van der Waals surface area contributed by atoms with Crippen LogP contribution < -0.4 is 4.74 Å². The molecule has 0 saturated heterocycles. The van der Waals surface area contributed by atoms with Crippen molar-refractivity contribution in [1.82, 2.24) is 4.90 Å². The van der Waals surface area contributed by atoms with Crippen molar-refractivity contribution in [2.75, 3.05) is 13.1 Å². The lowest BCUT2D eigenvalue weighted by molar-refractivity contribution is -0.386. The first-order valence-electron chi connectivity index (χ1n) is 8.77. The normalized spacial score (nSPS) is 17.1. The van der Waals surface area contributed by atoms with Crippen molar-refractivity contribution in [3.63, 3.8) is 0 Å². The average molecular weight is 360 g/mol. The van der Waals surface area contributed by atoms with Gasteiger partial charge in [0.25, 0.3) is 0 Å². The Kier molecular flexibility index (Phi) is 4.64. The molecule has 140 valence electrons. The van der Waals surface area contributed by atoms with Crippen LogP contribution in [0.25, 0.3) is 5.57 Å². The van der Waals surface area contributed by atoms with Gasteiger partial charge in [-0.05, 0) is 63.3 Å². The molecule has 7 nitrogen and oxygen atoms in total. The van der Waals surface area contributed by atoms with Gasteiger partial charge >= 0.3 is 11.8 Å². The second-order valence-corrected chi connectivity index (χ2v) is 7.80. The molecule has 0 spiro atoms. The lowest BCUT2D eigenvalue weighted by Gasteiger charge is -2.24. The quantitative estimate of drug-likeness (QED) is 0.597. The van der Waals surface area contributed by atoms with Crippen LogP contribution in [-0.4, -0.2) is 40.7 Å². The fourth-order valence-electron chi connectivity index (χ4n) is 2.84. The SMILES string of the molecule is Cc1cc([N+](=O)[O-])c(OC2CC2)cc1C1=CCN(C(=O)OC(C)(C)C)C1. The molecule has 0 N–H and O–H groups in total. The molecule has 0 atom stereocenters. The highest BCUT2D eigenvalue weighted by molar-refractivity contribution is 5.79. The zero-order valence-corrected chi connectivity index (χ0v) is 15.6. The number of hydrogen-bond acceptors (Lipinski definition) is 5. The fraction of sp³-hybridized carbons (Fsp3) is 0.526. The maximum absolute atomic E-state index is 12.2. The number of aryl methyl sites for hydroxylation is 1. The van der Waals surface area contributed by atoms with Gasteiger partial charge < -0.3 is 14.4 Å². The van der Waals surface area contributed by atoms with Gasteiger partial charge in [0.15, 0.2) is 5.75 Å². The Bertz CT molecular complexity index is 775. The number of nitro benzene ring substituents is 1. The monoisotopic (exact) mass is 360 g/mol. The molecule has 1 fully saturated rings. The van der Waals surface area contributed by atoms with E-state index in [1.807, 2.05) is 33.8 Å². The largest absolute Gasteiger partial charge is 0.483 e. The lowest BCUT2D eigenvalue weighted by atomic mass is 10.00. The number of hydrogen-bond donors (Lipinski definition) is 0. The second kappa shape index (κ2) is 6.63. The fourth-order valence-corrected chi connectivity index (χ4v) is 2.84. The zero-order valence-electron chi connectivity index (χ0n) is 15.6. The second-order valence-electron chi connectivity index (χ2n) is 7.80. The Labute approximate surface area is 152 Å². The van der Waals surface area contributed by atoms with E-state index in [0.29, 0.717) is 18.8 Å². The van der Waals surface area contributed by atoms with Crippen LogP contribution in [0.3, 0.4) is 0 Å². The first kappa shape index (κ1) is 18.2. The van der Waals surface area contributed by atoms with Crippen molar-refractivity contribution < 1.29 is 19.2 Å². The van der Waals surface area contributed by atoms with Crippen molar-refractivity contribution in [1.29, 1.82) is 0 Å². The molecule has 0 bridgehead atoms. The van der Waals surface area contributed by atoms with Crippen LogP contribution in [0, 0.1) is 17.0 Å². The maximum atomic E-state index is 12.2. The molecule has 1 aliphatic carbocycles. The number of rotatable bonds is 4. The molecular weight excluding hydrogens is 336 g/mol. The van der Waals surface area contributed by atoms with E-state index in [1.54, 1.807) is 17.0 Å². The number of benzene rings is 1. The number of carbonyl (C=O) groups excluding carboxylic acids is 1. The van der Waals surface area contributed by atoms with Crippen molar-refractivity contribution in [2.45, 2.75) is 52.2 Å². The summed E-state index contributed by atoms with van der Waals surface area (Å²) < 4.78 is 11.1. The highest BCUT2D eigenvalue weighted by atomic mass is 16.6. The van der Waals surface area contributed by atoms with Crippen LogP contribution in [0.15, 0.2) is 18.2 Å². The molecule has 3 rings (SSSR count). The van der Waals surface area contributed by atoms with Crippen LogP contribution in [0.1, 0.15) is 44.7 Å². The molecular formula is C19H24N2O5. The molecule has 7 heteroatoms. The maximum Gasteiger partial charge on any atom is 0.410 e. The van der Waals surface area contributed by atoms with Crippen LogP contribution >= 0.6 is 0 Å². The topological polar surface area (TPSA) is 81.9 Å². The summed E-state index contributed by atoms with van der Waals surface area (Å²) in [6, 6.07) is 3.28. The highest BCUT2D eigenvalue weighted by Crippen LogP contribution is 2.38. The van der Waals surface area contributed by atoms with Gasteiger partial charge in [0.2, 0.25) is 0 Å². The van der Waals surface area contributed by atoms with E-state index in [-0.39, 0.29) is 17.9 Å². The van der Waals surface area contributed by atoms with Gasteiger partial charge in [-0.3, -0.25) is 10.1 Å². The number of carbonyl (C=O) groups is 1. The number of ether oxygens (including phenoxy) is 2. The molecule has 1 aliphatic heterocycles. The molecule has 0 unspecified atom stereocenters. The minimum absolute atomic E-state index is 0.0132. The Morgan fingerprint density at radius 3 is 2.58 bits per heavy atom. The predicted molar refractivity (Wildman–Crippen MR) is 97.3 cm³/mol. The molecule has 1 aromatic rings. The standard InChI is InChI=1S/C19H24N2O5/c1-12-9-16(21(23)24)17(25-14-5-6-14)10-15(12)13-7-8-20(11-13)18(22)26-19(2,3)4/h7,9-10,14H,5-6,8,11H2,1-4H3. The zero-order chi connectivity index (χ0) is 19.1. The predicted octanol–water partition coefficient (Wildman–Crippen LogP) is 4.08. The minimum Gasteiger partial charge on any atom is -0.483 e. The summed E-state index contributed by atoms with van der Waals surface area (Å²) in [7, 11) is 0. The van der Waals surface area contributed by atoms with Crippen molar-refractivity contribution in [2.24, 2.45) is 0 Å². The van der Waals surface area contributed by atoms with Gasteiger partial charge in [-0.1, -0.05) is 6.08 Å². The third kappa shape index (κ3) is 4.15. The summed E-state index contributed by atoms with van der Waals surface area (Å²) >= 11 is 0. The molecule has 0 aromatic heterocycles. The van der Waals surface area contributed by atoms with Crippen LogP contribution in [0.4, 0.5) is 10.5 Å². The molecule has 0 radical (unpaired) electrons. The van der Waals surface area contributed by atoms with Crippen LogP contribution in [0.5, 0.6) is 5.75 Å². The van der Waals surface area contributed by atoms with Crippen molar-refractivity contribution in [3.8, 4) is 5.75 Å².